The van der Waals surface area contributed by atoms with E-state index >= 15 is 0 Å². The molecular weight excluding hydrogens is 228 g/mol. The van der Waals surface area contributed by atoms with Crippen LogP contribution in [0.4, 0.5) is 0 Å². The van der Waals surface area contributed by atoms with Gasteiger partial charge in [0, 0.05) is 19.6 Å². The zero-order valence-corrected chi connectivity index (χ0v) is 10.9. The summed E-state index contributed by atoms with van der Waals surface area (Å²) < 4.78 is 24.7. The SMILES string of the molecule is CCN1CCCC1CN(C)S(=O)(=O)CCO. The van der Waals surface area contributed by atoms with Crippen LogP contribution in [0, 0.1) is 0 Å². The fourth-order valence-corrected chi connectivity index (χ4v) is 3.14. The van der Waals surface area contributed by atoms with E-state index in [2.05, 4.69) is 11.8 Å². The lowest BCUT2D eigenvalue weighted by Crippen LogP contribution is -2.42. The lowest BCUT2D eigenvalue weighted by Gasteiger charge is -2.27. The van der Waals surface area contributed by atoms with Crippen molar-refractivity contribution in [2.45, 2.75) is 25.8 Å². The second-order valence-corrected chi connectivity index (χ2v) is 6.44. The minimum absolute atomic E-state index is 0.178. The van der Waals surface area contributed by atoms with E-state index in [1.54, 1.807) is 7.05 Å². The molecular formula is C10H22N2O3S. The molecule has 96 valence electrons. The number of likely N-dealkylation sites (N-methyl/N-ethyl adjacent to an activating group) is 2. The Morgan fingerprint density at radius 1 is 1.50 bits per heavy atom. The van der Waals surface area contributed by atoms with Crippen LogP contribution in [0.25, 0.3) is 0 Å². The summed E-state index contributed by atoms with van der Waals surface area (Å²) in [4.78, 5) is 2.31. The van der Waals surface area contributed by atoms with Gasteiger partial charge in [0.1, 0.15) is 0 Å². The highest BCUT2D eigenvalue weighted by Crippen LogP contribution is 2.18. The summed E-state index contributed by atoms with van der Waals surface area (Å²) >= 11 is 0. The Bertz CT molecular complexity index is 305. The van der Waals surface area contributed by atoms with E-state index < -0.39 is 10.0 Å². The second-order valence-electron chi connectivity index (χ2n) is 4.24. The van der Waals surface area contributed by atoms with Crippen molar-refractivity contribution in [1.82, 2.24) is 9.21 Å². The minimum atomic E-state index is -3.27. The number of rotatable bonds is 6. The van der Waals surface area contributed by atoms with E-state index in [4.69, 9.17) is 5.11 Å². The summed E-state index contributed by atoms with van der Waals surface area (Å²) in [6.07, 6.45) is 2.21. The number of sulfonamides is 1. The van der Waals surface area contributed by atoms with Crippen LogP contribution in [0.2, 0.25) is 0 Å². The average molecular weight is 250 g/mol. The Morgan fingerprint density at radius 2 is 2.19 bits per heavy atom. The zero-order valence-electron chi connectivity index (χ0n) is 10.1. The standard InChI is InChI=1S/C10H22N2O3S/c1-3-12-6-4-5-10(12)9-11(2)16(14,15)8-7-13/h10,13H,3-9H2,1-2H3. The molecule has 1 aliphatic rings. The molecule has 1 heterocycles. The maximum atomic E-state index is 11.7. The van der Waals surface area contributed by atoms with Gasteiger partial charge in [-0.2, -0.15) is 0 Å². The van der Waals surface area contributed by atoms with Crippen molar-refractivity contribution in [3.63, 3.8) is 0 Å². The molecule has 1 saturated heterocycles. The maximum absolute atomic E-state index is 11.7. The van der Waals surface area contributed by atoms with Crippen molar-refractivity contribution >= 4 is 10.0 Å². The number of hydrogen-bond donors (Lipinski definition) is 1. The third kappa shape index (κ3) is 3.41. The largest absolute Gasteiger partial charge is 0.395 e. The molecule has 16 heavy (non-hydrogen) atoms. The van der Waals surface area contributed by atoms with Crippen LogP contribution >= 0.6 is 0 Å². The average Bonchev–Trinajstić information content (AvgIpc) is 2.65. The quantitative estimate of drug-likeness (QED) is 0.704. The van der Waals surface area contributed by atoms with Crippen molar-refractivity contribution in [3.8, 4) is 0 Å². The summed E-state index contributed by atoms with van der Waals surface area (Å²) in [5, 5.41) is 8.69. The van der Waals surface area contributed by atoms with E-state index in [1.165, 1.54) is 4.31 Å². The molecule has 0 amide bonds. The first-order chi connectivity index (χ1) is 7.51. The van der Waals surface area contributed by atoms with Crippen molar-refractivity contribution in [3.05, 3.63) is 0 Å². The number of nitrogens with zero attached hydrogens (tertiary/aromatic N) is 2. The molecule has 0 aliphatic carbocycles. The van der Waals surface area contributed by atoms with Gasteiger partial charge in [-0.05, 0) is 25.9 Å². The van der Waals surface area contributed by atoms with Crippen LogP contribution in [-0.2, 0) is 10.0 Å². The molecule has 1 rings (SSSR count). The predicted octanol–water partition coefficient (Wildman–Crippen LogP) is -0.275. The van der Waals surface area contributed by atoms with Crippen LogP contribution in [0.15, 0.2) is 0 Å². The Morgan fingerprint density at radius 3 is 2.75 bits per heavy atom. The molecule has 0 radical (unpaired) electrons. The molecule has 1 aliphatic heterocycles. The number of aliphatic hydroxyl groups is 1. The molecule has 0 aromatic rings. The van der Waals surface area contributed by atoms with Crippen molar-refractivity contribution in [2.75, 3.05) is 39.0 Å². The summed E-state index contributed by atoms with van der Waals surface area (Å²) in [6, 6.07) is 0.337. The van der Waals surface area contributed by atoms with Gasteiger partial charge in [-0.15, -0.1) is 0 Å². The first kappa shape index (κ1) is 13.9. The first-order valence-corrected chi connectivity index (χ1v) is 7.41. The molecule has 0 aromatic heterocycles. The number of aliphatic hydroxyl groups excluding tert-OH is 1. The van der Waals surface area contributed by atoms with Gasteiger partial charge in [0.15, 0.2) is 0 Å². The minimum Gasteiger partial charge on any atom is -0.395 e. The normalized spacial score (nSPS) is 23.1. The van der Waals surface area contributed by atoms with Crippen molar-refractivity contribution in [1.29, 1.82) is 0 Å². The number of likely N-dealkylation sites (tertiary alicyclic amines) is 1. The second kappa shape index (κ2) is 5.95. The molecule has 5 nitrogen and oxygen atoms in total. The molecule has 0 aromatic carbocycles. The third-order valence-electron chi connectivity index (χ3n) is 3.20. The van der Waals surface area contributed by atoms with Gasteiger partial charge >= 0.3 is 0 Å². The van der Waals surface area contributed by atoms with Crippen LogP contribution in [0.1, 0.15) is 19.8 Å². The van der Waals surface area contributed by atoms with E-state index in [9.17, 15) is 8.42 Å². The molecule has 0 bridgehead atoms. The third-order valence-corrected chi connectivity index (χ3v) is 4.99. The van der Waals surface area contributed by atoms with E-state index in [0.717, 1.165) is 25.9 Å². The van der Waals surface area contributed by atoms with E-state index in [-0.39, 0.29) is 12.4 Å². The molecule has 1 N–H and O–H groups in total. The van der Waals surface area contributed by atoms with Gasteiger partial charge in [-0.25, -0.2) is 12.7 Å². The van der Waals surface area contributed by atoms with Crippen molar-refractivity contribution < 1.29 is 13.5 Å². The Kier molecular flexibility index (Phi) is 5.17. The molecule has 1 atom stereocenters. The molecule has 6 heteroatoms. The molecule has 0 spiro atoms. The van der Waals surface area contributed by atoms with Gasteiger partial charge < -0.3 is 5.11 Å². The maximum Gasteiger partial charge on any atom is 0.216 e. The highest BCUT2D eigenvalue weighted by molar-refractivity contribution is 7.89. The van der Waals surface area contributed by atoms with Crippen LogP contribution in [0.5, 0.6) is 0 Å². The Balaban J connectivity index is 2.53. The fraction of sp³-hybridized carbons (Fsp3) is 1.00. The Labute approximate surface area is 98.1 Å². The van der Waals surface area contributed by atoms with Crippen LogP contribution in [0.3, 0.4) is 0 Å². The number of hydrogen-bond acceptors (Lipinski definition) is 4. The molecule has 1 fully saturated rings. The van der Waals surface area contributed by atoms with Gasteiger partial charge in [0.25, 0.3) is 0 Å². The highest BCUT2D eigenvalue weighted by Gasteiger charge is 2.27. The van der Waals surface area contributed by atoms with Gasteiger partial charge in [0.05, 0.1) is 12.4 Å². The first-order valence-electron chi connectivity index (χ1n) is 5.80. The van der Waals surface area contributed by atoms with Crippen LogP contribution in [-0.4, -0.2) is 67.8 Å². The molecule has 1 unspecified atom stereocenters. The zero-order chi connectivity index (χ0) is 12.2. The smallest absolute Gasteiger partial charge is 0.216 e. The topological polar surface area (TPSA) is 60.9 Å². The Hall–Kier alpha value is -0.170. The predicted molar refractivity (Wildman–Crippen MR) is 63.8 cm³/mol. The summed E-state index contributed by atoms with van der Waals surface area (Å²) in [5.41, 5.74) is 0. The highest BCUT2D eigenvalue weighted by atomic mass is 32.2. The van der Waals surface area contributed by atoms with Gasteiger partial charge in [-0.3, -0.25) is 4.90 Å². The van der Waals surface area contributed by atoms with Gasteiger partial charge in [0.2, 0.25) is 10.0 Å². The molecule has 0 saturated carbocycles. The fourth-order valence-electron chi connectivity index (χ4n) is 2.20. The van der Waals surface area contributed by atoms with Crippen molar-refractivity contribution in [2.24, 2.45) is 0 Å². The van der Waals surface area contributed by atoms with E-state index in [0.29, 0.717) is 12.6 Å². The summed E-state index contributed by atoms with van der Waals surface area (Å²) in [5.74, 6) is -0.178. The summed E-state index contributed by atoms with van der Waals surface area (Å²) in [6.45, 7) is 4.36. The lowest BCUT2D eigenvalue weighted by atomic mass is 10.2. The lowest BCUT2D eigenvalue weighted by molar-refractivity contribution is 0.236. The van der Waals surface area contributed by atoms with Crippen LogP contribution < -0.4 is 0 Å². The summed E-state index contributed by atoms with van der Waals surface area (Å²) in [7, 11) is -1.68. The monoisotopic (exact) mass is 250 g/mol. The van der Waals surface area contributed by atoms with Gasteiger partial charge in [-0.1, -0.05) is 6.92 Å². The van der Waals surface area contributed by atoms with E-state index in [1.807, 2.05) is 0 Å².